The lowest BCUT2D eigenvalue weighted by Crippen LogP contribution is -2.25. The molecule has 0 aliphatic rings. The van der Waals surface area contributed by atoms with Gasteiger partial charge in [-0.25, -0.2) is 0 Å². The van der Waals surface area contributed by atoms with Gasteiger partial charge in [-0.05, 0) is 43.9 Å². The molecule has 124 valence electrons. The Bertz CT molecular complexity index is 891. The van der Waals surface area contributed by atoms with E-state index < -0.39 is 5.60 Å². The molecule has 2 aromatic heterocycles. The second-order valence-corrected chi connectivity index (χ2v) is 6.90. The van der Waals surface area contributed by atoms with E-state index in [0.717, 1.165) is 21.9 Å². The molecule has 1 aromatic carbocycles. The van der Waals surface area contributed by atoms with Gasteiger partial charge in [0.2, 0.25) is 0 Å². The van der Waals surface area contributed by atoms with E-state index in [2.05, 4.69) is 22.2 Å². The Morgan fingerprint density at radius 3 is 2.58 bits per heavy atom. The number of fused-ring (bicyclic) bond motifs is 1. The first-order valence-corrected chi connectivity index (χ1v) is 7.90. The molecular formula is C19H21N3O2. The number of rotatable bonds is 3. The number of aryl methyl sites for hydroxylation is 1. The average molecular weight is 323 g/mol. The van der Waals surface area contributed by atoms with Crippen molar-refractivity contribution in [2.24, 2.45) is 7.05 Å². The number of nitrogens with zero attached hydrogens (tertiary/aromatic N) is 3. The Labute approximate surface area is 141 Å². The maximum Gasteiger partial charge on any atom is 0.312 e. The molecule has 0 bridgehead atoms. The van der Waals surface area contributed by atoms with Crippen molar-refractivity contribution in [3.8, 4) is 11.1 Å². The van der Waals surface area contributed by atoms with E-state index in [9.17, 15) is 4.79 Å². The first-order valence-electron chi connectivity index (χ1n) is 7.90. The van der Waals surface area contributed by atoms with Gasteiger partial charge in [-0.2, -0.15) is 5.10 Å². The van der Waals surface area contributed by atoms with Crippen LogP contribution in [0.4, 0.5) is 0 Å². The van der Waals surface area contributed by atoms with Gasteiger partial charge in [-0.15, -0.1) is 0 Å². The summed E-state index contributed by atoms with van der Waals surface area (Å²) >= 11 is 0. The number of hydrogen-bond donors (Lipinski definition) is 0. The van der Waals surface area contributed by atoms with Crippen molar-refractivity contribution >= 4 is 16.7 Å². The Kier molecular flexibility index (Phi) is 4.09. The van der Waals surface area contributed by atoms with Crippen LogP contribution in [0.3, 0.4) is 0 Å². The molecule has 3 aromatic rings. The topological polar surface area (TPSA) is 57.0 Å². The summed E-state index contributed by atoms with van der Waals surface area (Å²) in [5.41, 5.74) is 2.37. The van der Waals surface area contributed by atoms with Crippen molar-refractivity contribution < 1.29 is 9.53 Å². The Hall–Kier alpha value is -2.69. The Morgan fingerprint density at radius 1 is 1.12 bits per heavy atom. The predicted octanol–water partition coefficient (Wildman–Crippen LogP) is 3.52. The molecule has 0 saturated heterocycles. The molecule has 5 heteroatoms. The van der Waals surface area contributed by atoms with E-state index in [0.29, 0.717) is 5.69 Å². The minimum Gasteiger partial charge on any atom is -0.460 e. The minimum atomic E-state index is -0.485. The summed E-state index contributed by atoms with van der Waals surface area (Å²) in [6.45, 7) is 5.58. The number of carbonyl (C=O) groups is 1. The summed E-state index contributed by atoms with van der Waals surface area (Å²) in [5.74, 6) is -0.266. The van der Waals surface area contributed by atoms with Gasteiger partial charge in [-0.1, -0.05) is 12.1 Å². The fraction of sp³-hybridized carbons (Fsp3) is 0.316. The number of esters is 1. The largest absolute Gasteiger partial charge is 0.460 e. The third-order valence-electron chi connectivity index (χ3n) is 3.56. The lowest BCUT2D eigenvalue weighted by molar-refractivity contribution is -0.153. The summed E-state index contributed by atoms with van der Waals surface area (Å²) < 4.78 is 7.14. The maximum absolute atomic E-state index is 12.0. The van der Waals surface area contributed by atoms with Crippen molar-refractivity contribution in [3.05, 3.63) is 48.5 Å². The number of hydrogen-bond acceptors (Lipinski definition) is 4. The fourth-order valence-electron chi connectivity index (χ4n) is 2.56. The zero-order valence-corrected chi connectivity index (χ0v) is 14.4. The normalized spacial score (nSPS) is 11.7. The second kappa shape index (κ2) is 6.07. The molecule has 0 amide bonds. The zero-order chi connectivity index (χ0) is 17.3. The third-order valence-corrected chi connectivity index (χ3v) is 3.56. The molecule has 3 rings (SSSR count). The summed E-state index contributed by atoms with van der Waals surface area (Å²) in [6, 6.07) is 8.11. The summed E-state index contributed by atoms with van der Waals surface area (Å²) in [6.07, 6.45) is 5.78. The van der Waals surface area contributed by atoms with Crippen LogP contribution in [0.2, 0.25) is 0 Å². The average Bonchev–Trinajstić information content (AvgIpc) is 2.91. The molecule has 0 N–H and O–H groups in total. The van der Waals surface area contributed by atoms with Crippen molar-refractivity contribution in [1.82, 2.24) is 14.8 Å². The lowest BCUT2D eigenvalue weighted by atomic mass is 10.0. The van der Waals surface area contributed by atoms with Gasteiger partial charge >= 0.3 is 5.97 Å². The van der Waals surface area contributed by atoms with Gasteiger partial charge in [-0.3, -0.25) is 14.5 Å². The molecule has 0 atom stereocenters. The van der Waals surface area contributed by atoms with Gasteiger partial charge in [0.05, 0.1) is 18.3 Å². The number of pyridine rings is 1. The van der Waals surface area contributed by atoms with Crippen LogP contribution in [0.25, 0.3) is 21.9 Å². The van der Waals surface area contributed by atoms with E-state index in [-0.39, 0.29) is 12.4 Å². The fourth-order valence-corrected chi connectivity index (χ4v) is 2.56. The second-order valence-electron chi connectivity index (χ2n) is 6.90. The van der Waals surface area contributed by atoms with Crippen LogP contribution in [0.15, 0.2) is 42.9 Å². The van der Waals surface area contributed by atoms with Gasteiger partial charge in [0.1, 0.15) is 5.60 Å². The highest BCUT2D eigenvalue weighted by Crippen LogP contribution is 2.24. The van der Waals surface area contributed by atoms with Crippen LogP contribution < -0.4 is 0 Å². The smallest absolute Gasteiger partial charge is 0.312 e. The lowest BCUT2D eigenvalue weighted by Gasteiger charge is -2.19. The molecule has 0 spiro atoms. The number of carbonyl (C=O) groups excluding carboxylic acids is 1. The van der Waals surface area contributed by atoms with Crippen molar-refractivity contribution in [1.29, 1.82) is 0 Å². The predicted molar refractivity (Wildman–Crippen MR) is 93.5 cm³/mol. The van der Waals surface area contributed by atoms with Gasteiger partial charge in [0, 0.05) is 30.4 Å². The first kappa shape index (κ1) is 16.2. The first-order chi connectivity index (χ1) is 11.3. The number of benzene rings is 1. The van der Waals surface area contributed by atoms with Crippen molar-refractivity contribution in [2.75, 3.05) is 0 Å². The molecule has 0 fully saturated rings. The van der Waals surface area contributed by atoms with E-state index in [1.54, 1.807) is 10.9 Å². The van der Waals surface area contributed by atoms with Gasteiger partial charge < -0.3 is 4.74 Å². The third kappa shape index (κ3) is 3.79. The van der Waals surface area contributed by atoms with Crippen LogP contribution in [0, 0.1) is 0 Å². The van der Waals surface area contributed by atoms with Crippen LogP contribution in [-0.4, -0.2) is 26.3 Å². The zero-order valence-electron chi connectivity index (χ0n) is 14.4. The summed E-state index contributed by atoms with van der Waals surface area (Å²) in [7, 11) is 1.90. The molecule has 0 unspecified atom stereocenters. The highest BCUT2D eigenvalue weighted by Gasteiger charge is 2.17. The Morgan fingerprint density at radius 2 is 1.92 bits per heavy atom. The van der Waals surface area contributed by atoms with Gasteiger partial charge in [0.25, 0.3) is 0 Å². The standard InChI is InChI=1S/C19H21N3O2/c1-19(2,3)24-18(23)9-17-8-15-7-13(5-6-14(15)10-20-17)16-11-21-22(4)12-16/h5-8,10-12H,9H2,1-4H3. The molecule has 0 radical (unpaired) electrons. The highest BCUT2D eigenvalue weighted by molar-refractivity contribution is 5.87. The highest BCUT2D eigenvalue weighted by atomic mass is 16.6. The number of aromatic nitrogens is 3. The molecular weight excluding hydrogens is 302 g/mol. The van der Waals surface area contributed by atoms with Crippen molar-refractivity contribution in [3.63, 3.8) is 0 Å². The monoisotopic (exact) mass is 323 g/mol. The number of ether oxygens (including phenoxy) is 1. The molecule has 0 aliphatic carbocycles. The van der Waals surface area contributed by atoms with Gasteiger partial charge in [0.15, 0.2) is 0 Å². The molecule has 2 heterocycles. The summed E-state index contributed by atoms with van der Waals surface area (Å²) in [4.78, 5) is 16.3. The van der Waals surface area contributed by atoms with Crippen LogP contribution in [0.1, 0.15) is 26.5 Å². The van der Waals surface area contributed by atoms with Crippen LogP contribution in [-0.2, 0) is 23.0 Å². The van der Waals surface area contributed by atoms with E-state index in [1.165, 1.54) is 0 Å². The van der Waals surface area contributed by atoms with Crippen LogP contribution >= 0.6 is 0 Å². The molecule has 5 nitrogen and oxygen atoms in total. The maximum atomic E-state index is 12.0. The summed E-state index contributed by atoms with van der Waals surface area (Å²) in [5, 5.41) is 6.29. The molecule has 24 heavy (non-hydrogen) atoms. The molecule has 0 aliphatic heterocycles. The van der Waals surface area contributed by atoms with E-state index in [1.807, 2.05) is 52.3 Å². The quantitative estimate of drug-likeness (QED) is 0.692. The minimum absolute atomic E-state index is 0.171. The SMILES string of the molecule is Cn1cc(-c2ccc3cnc(CC(=O)OC(C)(C)C)cc3c2)cn1. The van der Waals surface area contributed by atoms with Crippen molar-refractivity contribution in [2.45, 2.75) is 32.8 Å². The van der Waals surface area contributed by atoms with Crippen LogP contribution in [0.5, 0.6) is 0 Å². The molecule has 0 saturated carbocycles. The Balaban J connectivity index is 1.88. The van der Waals surface area contributed by atoms with E-state index in [4.69, 9.17) is 4.74 Å². The van der Waals surface area contributed by atoms with E-state index >= 15 is 0 Å².